The minimum Gasteiger partial charge on any atom is -0.393 e. The fourth-order valence-electron chi connectivity index (χ4n) is 2.56. The van der Waals surface area contributed by atoms with Crippen molar-refractivity contribution in [2.75, 3.05) is 7.05 Å². The van der Waals surface area contributed by atoms with Gasteiger partial charge in [-0.1, -0.05) is 30.9 Å². The summed E-state index contributed by atoms with van der Waals surface area (Å²) in [5, 5.41) is 4.11. The third-order valence-electron chi connectivity index (χ3n) is 3.73. The van der Waals surface area contributed by atoms with Gasteiger partial charge in [-0.3, -0.25) is 4.99 Å². The second-order valence-electron chi connectivity index (χ2n) is 5.49. The molecule has 2 rings (SSSR count). The molecule has 0 atom stereocenters. The van der Waals surface area contributed by atoms with Crippen molar-refractivity contribution in [3.05, 3.63) is 69.3 Å². The van der Waals surface area contributed by atoms with Gasteiger partial charge in [-0.15, -0.1) is 11.3 Å². The van der Waals surface area contributed by atoms with Crippen molar-refractivity contribution in [3.8, 4) is 0 Å². The number of thiazole rings is 1. The zero-order chi connectivity index (χ0) is 17.7. The monoisotopic (exact) mass is 337 g/mol. The summed E-state index contributed by atoms with van der Waals surface area (Å²) in [5.74, 6) is 0. The quantitative estimate of drug-likeness (QED) is 0.594. The predicted molar refractivity (Wildman–Crippen MR) is 107 cm³/mol. The highest BCUT2D eigenvalue weighted by molar-refractivity contribution is 7.12. The molecule has 0 amide bonds. The van der Waals surface area contributed by atoms with Crippen LogP contribution in [0.5, 0.6) is 0 Å². The second-order valence-corrected chi connectivity index (χ2v) is 6.73. The van der Waals surface area contributed by atoms with Gasteiger partial charge in [0, 0.05) is 18.8 Å². The minimum atomic E-state index is 0.864. The number of aromatic nitrogens is 1. The number of nitrogens with one attached hydrogen (secondary N) is 1. The van der Waals surface area contributed by atoms with Crippen LogP contribution in [-0.4, -0.2) is 18.7 Å². The SMILES string of the molecule is C=C/C(=C\NC)c1ccc(/C(=C/c2sc(C)nc2C)N=C)c(C)c1. The van der Waals surface area contributed by atoms with Crippen LogP contribution in [0.4, 0.5) is 0 Å². The standard InChI is InChI=1S/C20H23N3S/c1-7-16(12-21-5)17-8-9-18(13(2)10-17)19(22-6)11-20-14(3)23-15(4)24-20/h7-12,21H,1,6H2,2-5H3/b16-12+,19-11-. The van der Waals surface area contributed by atoms with Crippen molar-refractivity contribution >= 4 is 35.4 Å². The van der Waals surface area contributed by atoms with Crippen molar-refractivity contribution in [2.24, 2.45) is 4.99 Å². The number of rotatable bonds is 6. The van der Waals surface area contributed by atoms with E-state index in [4.69, 9.17) is 0 Å². The molecule has 1 N–H and O–H groups in total. The predicted octanol–water partition coefficient (Wildman–Crippen LogP) is 5.01. The summed E-state index contributed by atoms with van der Waals surface area (Å²) in [7, 11) is 1.88. The number of hydrogen-bond donors (Lipinski definition) is 1. The number of hydrogen-bond acceptors (Lipinski definition) is 4. The Balaban J connectivity index is 2.47. The van der Waals surface area contributed by atoms with Gasteiger partial charge in [0.15, 0.2) is 0 Å². The first kappa shape index (κ1) is 17.9. The van der Waals surface area contributed by atoms with Crippen molar-refractivity contribution < 1.29 is 0 Å². The molecule has 1 aromatic heterocycles. The smallest absolute Gasteiger partial charge is 0.0903 e. The van der Waals surface area contributed by atoms with Gasteiger partial charge in [-0.2, -0.15) is 0 Å². The maximum absolute atomic E-state index is 4.47. The van der Waals surface area contributed by atoms with Gasteiger partial charge in [0.25, 0.3) is 0 Å². The molecule has 0 radical (unpaired) electrons. The van der Waals surface area contributed by atoms with Gasteiger partial charge in [0.1, 0.15) is 0 Å². The highest BCUT2D eigenvalue weighted by Gasteiger charge is 2.09. The first-order chi connectivity index (χ1) is 11.5. The lowest BCUT2D eigenvalue weighted by Gasteiger charge is -2.10. The van der Waals surface area contributed by atoms with E-state index in [9.17, 15) is 0 Å². The molecule has 0 saturated carbocycles. The number of nitrogens with zero attached hydrogens (tertiary/aromatic N) is 2. The molecule has 0 fully saturated rings. The summed E-state index contributed by atoms with van der Waals surface area (Å²) in [6.07, 6.45) is 5.84. The van der Waals surface area contributed by atoms with Crippen LogP contribution in [0.3, 0.4) is 0 Å². The fraction of sp³-hybridized carbons (Fsp3) is 0.200. The fourth-order valence-corrected chi connectivity index (χ4v) is 3.42. The van der Waals surface area contributed by atoms with Gasteiger partial charge in [0.2, 0.25) is 0 Å². The molecule has 24 heavy (non-hydrogen) atoms. The summed E-state index contributed by atoms with van der Waals surface area (Å²) in [4.78, 5) is 9.83. The highest BCUT2D eigenvalue weighted by atomic mass is 32.1. The van der Waals surface area contributed by atoms with E-state index in [1.165, 1.54) is 0 Å². The van der Waals surface area contributed by atoms with E-state index < -0.39 is 0 Å². The van der Waals surface area contributed by atoms with Gasteiger partial charge >= 0.3 is 0 Å². The van der Waals surface area contributed by atoms with Gasteiger partial charge in [-0.05, 0) is 50.3 Å². The number of benzene rings is 1. The van der Waals surface area contributed by atoms with Gasteiger partial charge < -0.3 is 5.32 Å². The summed E-state index contributed by atoms with van der Waals surface area (Å²) in [6.45, 7) is 13.7. The molecule has 0 aliphatic rings. The van der Waals surface area contributed by atoms with Crippen molar-refractivity contribution in [1.82, 2.24) is 10.3 Å². The molecule has 3 nitrogen and oxygen atoms in total. The van der Waals surface area contributed by atoms with Crippen LogP contribution in [0.25, 0.3) is 17.3 Å². The lowest BCUT2D eigenvalue weighted by molar-refractivity contribution is 1.11. The van der Waals surface area contributed by atoms with Crippen molar-refractivity contribution in [2.45, 2.75) is 20.8 Å². The highest BCUT2D eigenvalue weighted by Crippen LogP contribution is 2.28. The van der Waals surface area contributed by atoms with Gasteiger partial charge in [-0.25, -0.2) is 4.98 Å². The van der Waals surface area contributed by atoms with Crippen molar-refractivity contribution in [1.29, 1.82) is 0 Å². The molecule has 0 unspecified atom stereocenters. The Bertz CT molecular complexity index is 825. The largest absolute Gasteiger partial charge is 0.393 e. The van der Waals surface area contributed by atoms with E-state index in [1.807, 2.05) is 33.2 Å². The van der Waals surface area contributed by atoms with E-state index in [0.29, 0.717) is 0 Å². The maximum atomic E-state index is 4.47. The van der Waals surface area contributed by atoms with Gasteiger partial charge in [0.05, 0.1) is 21.3 Å². The normalized spacial score (nSPS) is 12.2. The summed E-state index contributed by atoms with van der Waals surface area (Å²) < 4.78 is 0. The van der Waals surface area contributed by atoms with Crippen LogP contribution in [0, 0.1) is 20.8 Å². The molecule has 0 aliphatic heterocycles. The lowest BCUT2D eigenvalue weighted by Crippen LogP contribution is -1.96. The minimum absolute atomic E-state index is 0.864. The van der Waals surface area contributed by atoms with Crippen LogP contribution in [0.2, 0.25) is 0 Å². The Morgan fingerprint density at radius 3 is 2.54 bits per heavy atom. The number of aliphatic imine (C=N–C) groups is 1. The average Bonchev–Trinajstić information content (AvgIpc) is 2.88. The molecule has 0 saturated heterocycles. The molecule has 0 spiro atoms. The molecule has 0 bridgehead atoms. The molecule has 1 aromatic carbocycles. The van der Waals surface area contributed by atoms with Crippen LogP contribution in [-0.2, 0) is 0 Å². The molecule has 4 heteroatoms. The van der Waals surface area contributed by atoms with Crippen LogP contribution < -0.4 is 5.32 Å². The molecule has 124 valence electrons. The summed E-state index contributed by atoms with van der Waals surface area (Å²) in [6, 6.07) is 6.31. The molecule has 2 aromatic rings. The molecular weight excluding hydrogens is 314 g/mol. The summed E-state index contributed by atoms with van der Waals surface area (Å²) >= 11 is 1.67. The Kier molecular flexibility index (Phi) is 5.88. The van der Waals surface area contributed by atoms with E-state index >= 15 is 0 Å². The van der Waals surface area contributed by atoms with Crippen LogP contribution in [0.1, 0.15) is 32.3 Å². The Morgan fingerprint density at radius 2 is 2.04 bits per heavy atom. The number of aryl methyl sites for hydroxylation is 3. The Morgan fingerprint density at radius 1 is 1.29 bits per heavy atom. The van der Waals surface area contributed by atoms with E-state index in [1.54, 1.807) is 11.3 Å². The van der Waals surface area contributed by atoms with E-state index in [2.05, 4.69) is 59.8 Å². The molecule has 1 heterocycles. The Labute approximate surface area is 148 Å². The second kappa shape index (κ2) is 7.88. The molecule has 0 aliphatic carbocycles. The van der Waals surface area contributed by atoms with Crippen LogP contribution >= 0.6 is 11.3 Å². The summed E-state index contributed by atoms with van der Waals surface area (Å²) in [5.41, 5.74) is 6.29. The third kappa shape index (κ3) is 3.89. The zero-order valence-corrected chi connectivity index (χ0v) is 15.5. The zero-order valence-electron chi connectivity index (χ0n) is 14.7. The van der Waals surface area contributed by atoms with Crippen LogP contribution in [0.15, 0.2) is 42.0 Å². The maximum Gasteiger partial charge on any atom is 0.0903 e. The van der Waals surface area contributed by atoms with Crippen molar-refractivity contribution in [3.63, 3.8) is 0 Å². The topological polar surface area (TPSA) is 37.3 Å². The average molecular weight is 337 g/mol. The van der Waals surface area contributed by atoms with E-state index in [-0.39, 0.29) is 0 Å². The lowest BCUT2D eigenvalue weighted by atomic mass is 9.98. The number of allylic oxidation sites excluding steroid dienone is 2. The Hall–Kier alpha value is -2.46. The molecular formula is C20H23N3S. The first-order valence-electron chi connectivity index (χ1n) is 7.73. The first-order valence-corrected chi connectivity index (χ1v) is 8.55. The van der Waals surface area contributed by atoms with E-state index in [0.717, 1.165) is 43.5 Å². The third-order valence-corrected chi connectivity index (χ3v) is 4.75.